The van der Waals surface area contributed by atoms with Gasteiger partial charge in [-0.25, -0.2) is 0 Å². The lowest BCUT2D eigenvalue weighted by Crippen LogP contribution is -2.38. The van der Waals surface area contributed by atoms with E-state index in [1.807, 2.05) is 11.4 Å². The van der Waals surface area contributed by atoms with E-state index in [0.717, 1.165) is 12.1 Å². The number of halogens is 3. The average Bonchev–Trinajstić information content (AvgIpc) is 3.14. The van der Waals surface area contributed by atoms with Crippen LogP contribution in [0.1, 0.15) is 24.0 Å². The van der Waals surface area contributed by atoms with Gasteiger partial charge in [-0.1, -0.05) is 19.1 Å². The summed E-state index contributed by atoms with van der Waals surface area (Å²) in [6.45, 7) is 1.98. The maximum atomic E-state index is 12.2. The number of aliphatic imine (C=N–C) groups is 1. The van der Waals surface area contributed by atoms with Gasteiger partial charge in [-0.05, 0) is 46.0 Å². The minimum absolute atomic E-state index is 0.190. The average molecular weight is 385 g/mol. The molecule has 4 nitrogen and oxygen atoms in total. The molecule has 0 amide bonds. The van der Waals surface area contributed by atoms with Crippen molar-refractivity contribution in [1.82, 2.24) is 10.6 Å². The molecule has 0 aliphatic carbocycles. The fourth-order valence-corrected chi connectivity index (χ4v) is 3.02. The van der Waals surface area contributed by atoms with Crippen molar-refractivity contribution in [2.75, 3.05) is 20.2 Å². The molecule has 0 aliphatic heterocycles. The zero-order chi connectivity index (χ0) is 19.0. The Balaban J connectivity index is 1.82. The predicted octanol–water partition coefficient (Wildman–Crippen LogP) is 4.16. The summed E-state index contributed by atoms with van der Waals surface area (Å²) in [5.41, 5.74) is 2.07. The van der Waals surface area contributed by atoms with Crippen LogP contribution in [-0.2, 0) is 6.54 Å². The van der Waals surface area contributed by atoms with Gasteiger partial charge in [0.2, 0.25) is 0 Å². The third-order valence-electron chi connectivity index (χ3n) is 3.67. The van der Waals surface area contributed by atoms with E-state index in [9.17, 15) is 13.2 Å². The number of hydrogen-bond donors (Lipinski definition) is 2. The first-order chi connectivity index (χ1) is 12.4. The Hall–Kier alpha value is -2.22. The summed E-state index contributed by atoms with van der Waals surface area (Å²) in [4.78, 5) is 4.16. The molecule has 2 rings (SSSR count). The van der Waals surface area contributed by atoms with Gasteiger partial charge in [0, 0.05) is 20.1 Å². The van der Waals surface area contributed by atoms with Crippen LogP contribution in [0.2, 0.25) is 0 Å². The van der Waals surface area contributed by atoms with Crippen LogP contribution in [0, 0.1) is 0 Å². The topological polar surface area (TPSA) is 45.7 Å². The van der Waals surface area contributed by atoms with E-state index in [4.69, 9.17) is 4.74 Å². The zero-order valence-corrected chi connectivity index (χ0v) is 15.5. The molecular weight excluding hydrogens is 363 g/mol. The smallest absolute Gasteiger partial charge is 0.422 e. The number of alkyl halides is 3. The van der Waals surface area contributed by atoms with Gasteiger partial charge >= 0.3 is 6.18 Å². The molecule has 1 heterocycles. The second-order valence-corrected chi connectivity index (χ2v) is 6.60. The molecule has 26 heavy (non-hydrogen) atoms. The zero-order valence-electron chi connectivity index (χ0n) is 14.6. The molecule has 0 bridgehead atoms. The highest BCUT2D eigenvalue weighted by Gasteiger charge is 2.28. The number of nitrogens with one attached hydrogen (secondary N) is 2. The number of ether oxygens (including phenoxy) is 1. The van der Waals surface area contributed by atoms with Crippen molar-refractivity contribution in [3.05, 3.63) is 52.2 Å². The molecule has 0 spiro atoms. The van der Waals surface area contributed by atoms with Crippen molar-refractivity contribution in [3.8, 4) is 5.75 Å². The lowest BCUT2D eigenvalue weighted by atomic mass is 10.1. The number of rotatable bonds is 7. The lowest BCUT2D eigenvalue weighted by molar-refractivity contribution is -0.153. The molecule has 142 valence electrons. The summed E-state index contributed by atoms with van der Waals surface area (Å²) >= 11 is 1.67. The molecule has 1 atom stereocenters. The number of nitrogens with zero attached hydrogens (tertiary/aromatic N) is 1. The molecule has 8 heteroatoms. The number of benzene rings is 1. The van der Waals surface area contributed by atoms with Gasteiger partial charge in [-0.2, -0.15) is 24.5 Å². The van der Waals surface area contributed by atoms with E-state index in [0.29, 0.717) is 18.4 Å². The molecular formula is C18H22F3N3OS. The Labute approximate surface area is 155 Å². The van der Waals surface area contributed by atoms with Gasteiger partial charge in [-0.3, -0.25) is 4.99 Å². The van der Waals surface area contributed by atoms with Crippen molar-refractivity contribution in [2.24, 2.45) is 4.99 Å². The molecule has 2 aromatic rings. The van der Waals surface area contributed by atoms with Gasteiger partial charge in [0.25, 0.3) is 0 Å². The van der Waals surface area contributed by atoms with Crippen LogP contribution in [0.5, 0.6) is 5.75 Å². The number of guanidine groups is 1. The predicted molar refractivity (Wildman–Crippen MR) is 98.9 cm³/mol. The van der Waals surface area contributed by atoms with Gasteiger partial charge < -0.3 is 15.4 Å². The van der Waals surface area contributed by atoms with Crippen molar-refractivity contribution >= 4 is 17.3 Å². The standard InChI is InChI=1S/C18H22F3N3OS/c1-13(15-6-7-26-11-15)9-23-17(22-2)24-10-14-4-3-5-16(8-14)25-12-18(19,20)21/h3-8,11,13H,9-10,12H2,1-2H3,(H2,22,23,24). The summed E-state index contributed by atoms with van der Waals surface area (Å²) in [6.07, 6.45) is -4.35. The first kappa shape index (κ1) is 20.1. The summed E-state index contributed by atoms with van der Waals surface area (Å²) in [6, 6.07) is 8.66. The van der Waals surface area contributed by atoms with Crippen molar-refractivity contribution < 1.29 is 17.9 Å². The van der Waals surface area contributed by atoms with Crippen LogP contribution in [0.4, 0.5) is 13.2 Å². The van der Waals surface area contributed by atoms with Crippen LogP contribution in [0.25, 0.3) is 0 Å². The van der Waals surface area contributed by atoms with Crippen LogP contribution in [-0.4, -0.2) is 32.3 Å². The Kier molecular flexibility index (Phi) is 7.32. The summed E-state index contributed by atoms with van der Waals surface area (Å²) in [5, 5.41) is 10.6. The van der Waals surface area contributed by atoms with Gasteiger partial charge in [0.1, 0.15) is 5.75 Å². The van der Waals surface area contributed by atoms with E-state index in [-0.39, 0.29) is 5.75 Å². The first-order valence-electron chi connectivity index (χ1n) is 8.12. The Morgan fingerprint density at radius 3 is 2.73 bits per heavy atom. The van der Waals surface area contributed by atoms with Crippen LogP contribution in [0.15, 0.2) is 46.1 Å². The fraction of sp³-hybridized carbons (Fsp3) is 0.389. The largest absolute Gasteiger partial charge is 0.484 e. The molecule has 1 unspecified atom stereocenters. The van der Waals surface area contributed by atoms with E-state index in [1.165, 1.54) is 11.6 Å². The molecule has 1 aromatic carbocycles. The monoisotopic (exact) mass is 385 g/mol. The molecule has 1 aromatic heterocycles. The van der Waals surface area contributed by atoms with E-state index in [1.54, 1.807) is 30.5 Å². The van der Waals surface area contributed by atoms with Crippen LogP contribution < -0.4 is 15.4 Å². The Morgan fingerprint density at radius 1 is 1.27 bits per heavy atom. The minimum Gasteiger partial charge on any atom is -0.484 e. The number of hydrogen-bond acceptors (Lipinski definition) is 3. The quantitative estimate of drug-likeness (QED) is 0.556. The second kappa shape index (κ2) is 9.47. The maximum Gasteiger partial charge on any atom is 0.422 e. The summed E-state index contributed by atoms with van der Waals surface area (Å²) in [5.74, 6) is 1.17. The maximum absolute atomic E-state index is 12.2. The fourth-order valence-electron chi connectivity index (χ4n) is 2.24. The normalized spacial score (nSPS) is 13.3. The van der Waals surface area contributed by atoms with E-state index < -0.39 is 12.8 Å². The van der Waals surface area contributed by atoms with Crippen molar-refractivity contribution in [2.45, 2.75) is 25.6 Å². The molecule has 0 saturated heterocycles. The highest BCUT2D eigenvalue weighted by molar-refractivity contribution is 7.07. The van der Waals surface area contributed by atoms with Crippen LogP contribution >= 0.6 is 11.3 Å². The highest BCUT2D eigenvalue weighted by atomic mass is 32.1. The van der Waals surface area contributed by atoms with Gasteiger partial charge in [-0.15, -0.1) is 0 Å². The van der Waals surface area contributed by atoms with E-state index >= 15 is 0 Å². The minimum atomic E-state index is -4.35. The highest BCUT2D eigenvalue weighted by Crippen LogP contribution is 2.19. The van der Waals surface area contributed by atoms with Crippen molar-refractivity contribution in [3.63, 3.8) is 0 Å². The molecule has 0 saturated carbocycles. The van der Waals surface area contributed by atoms with E-state index in [2.05, 4.69) is 34.0 Å². The number of thiophene rings is 1. The van der Waals surface area contributed by atoms with Crippen LogP contribution in [0.3, 0.4) is 0 Å². The lowest BCUT2D eigenvalue weighted by Gasteiger charge is -2.16. The molecule has 0 fully saturated rings. The third kappa shape index (κ3) is 6.95. The molecule has 0 radical (unpaired) electrons. The molecule has 0 aliphatic rings. The van der Waals surface area contributed by atoms with Gasteiger partial charge in [0.05, 0.1) is 0 Å². The van der Waals surface area contributed by atoms with Crippen molar-refractivity contribution in [1.29, 1.82) is 0 Å². The third-order valence-corrected chi connectivity index (χ3v) is 4.37. The SMILES string of the molecule is CN=C(NCc1cccc(OCC(F)(F)F)c1)NCC(C)c1ccsc1. The first-order valence-corrected chi connectivity index (χ1v) is 9.07. The molecule has 2 N–H and O–H groups in total. The Morgan fingerprint density at radius 2 is 2.08 bits per heavy atom. The second-order valence-electron chi connectivity index (χ2n) is 5.82. The Bertz CT molecular complexity index is 702. The summed E-state index contributed by atoms with van der Waals surface area (Å²) in [7, 11) is 1.67. The van der Waals surface area contributed by atoms with Gasteiger partial charge in [0.15, 0.2) is 12.6 Å². The summed E-state index contributed by atoms with van der Waals surface area (Å²) < 4.78 is 41.5.